The van der Waals surface area contributed by atoms with E-state index in [1.165, 1.54) is 37.0 Å². The number of thioether (sulfide) groups is 1. The number of aliphatic carboxylic acids is 1. The number of ether oxygens (including phenoxy) is 2. The van der Waals surface area contributed by atoms with E-state index in [4.69, 9.17) is 9.47 Å². The molecule has 8 nitrogen and oxygen atoms in total. The number of hydrogen-bond acceptors (Lipinski definition) is 6. The van der Waals surface area contributed by atoms with Crippen molar-refractivity contribution in [2.24, 2.45) is 0 Å². The fourth-order valence-electron chi connectivity index (χ4n) is 3.48. The summed E-state index contributed by atoms with van der Waals surface area (Å²) >= 11 is 1.39. The Morgan fingerprint density at radius 1 is 1.24 bits per heavy atom. The molecule has 0 aliphatic carbocycles. The predicted octanol–water partition coefficient (Wildman–Crippen LogP) is -1.65. The van der Waals surface area contributed by atoms with Gasteiger partial charge in [0, 0.05) is 10.8 Å². The molecule has 2 saturated heterocycles. The van der Waals surface area contributed by atoms with Crippen LogP contribution < -0.4 is 44.3 Å². The Bertz CT molecular complexity index is 859. The third-order valence-electron chi connectivity index (χ3n) is 4.81. The number of nitrogens with zero attached hydrogens (tertiary/aromatic N) is 1. The molecule has 0 saturated carbocycles. The van der Waals surface area contributed by atoms with Crippen molar-refractivity contribution in [1.29, 1.82) is 0 Å². The van der Waals surface area contributed by atoms with Crippen molar-refractivity contribution in [3.8, 4) is 11.5 Å². The molecule has 2 aliphatic heterocycles. The Morgan fingerprint density at radius 2 is 1.90 bits per heavy atom. The molecule has 1 aromatic rings. The zero-order valence-corrected chi connectivity index (χ0v) is 19.8. The molecule has 1 aromatic carbocycles. The molecule has 3 rings (SSSR count). The van der Waals surface area contributed by atoms with Crippen LogP contribution in [0.1, 0.15) is 19.4 Å². The van der Waals surface area contributed by atoms with E-state index in [2.05, 4.69) is 5.32 Å². The quantitative estimate of drug-likeness (QED) is 0.317. The third kappa shape index (κ3) is 4.42. The van der Waals surface area contributed by atoms with Crippen LogP contribution in [0, 0.1) is 0 Å². The molecular weight excluding hydrogens is 407 g/mol. The Labute approximate surface area is 195 Å². The van der Waals surface area contributed by atoms with Crippen molar-refractivity contribution in [1.82, 2.24) is 10.2 Å². The number of fused-ring (bicyclic) bond motifs is 1. The van der Waals surface area contributed by atoms with Crippen molar-refractivity contribution in [3.63, 3.8) is 0 Å². The van der Waals surface area contributed by atoms with Crippen LogP contribution in [-0.2, 0) is 14.4 Å². The molecular formula is C19H22N2NaO6S+. The molecule has 2 amide bonds. The molecule has 0 unspecified atom stereocenters. The Morgan fingerprint density at radius 3 is 2.48 bits per heavy atom. The molecule has 2 heterocycles. The second-order valence-electron chi connectivity index (χ2n) is 7.03. The molecule has 0 bridgehead atoms. The van der Waals surface area contributed by atoms with Crippen molar-refractivity contribution in [2.75, 3.05) is 14.2 Å². The number of benzene rings is 1. The normalized spacial score (nSPS) is 24.3. The number of carboxylic acid groups (broad SMARTS) is 1. The fraction of sp³-hybridized carbons (Fsp3) is 0.421. The summed E-state index contributed by atoms with van der Waals surface area (Å²) in [5.74, 6) is -0.711. The van der Waals surface area contributed by atoms with E-state index >= 15 is 0 Å². The van der Waals surface area contributed by atoms with Crippen LogP contribution in [0.15, 0.2) is 24.3 Å². The summed E-state index contributed by atoms with van der Waals surface area (Å²) in [6.07, 6.45) is 2.93. The summed E-state index contributed by atoms with van der Waals surface area (Å²) < 4.78 is 9.77. The van der Waals surface area contributed by atoms with E-state index in [0.29, 0.717) is 11.5 Å². The summed E-state index contributed by atoms with van der Waals surface area (Å²) in [5.41, 5.74) is 0.733. The number of methoxy groups -OCH3 is 2. The van der Waals surface area contributed by atoms with E-state index in [1.54, 1.807) is 38.1 Å². The van der Waals surface area contributed by atoms with E-state index in [-0.39, 0.29) is 40.8 Å². The van der Waals surface area contributed by atoms with E-state index in [1.807, 2.05) is 0 Å². The van der Waals surface area contributed by atoms with Crippen molar-refractivity contribution in [3.05, 3.63) is 29.8 Å². The predicted molar refractivity (Wildman–Crippen MR) is 104 cm³/mol. The molecule has 29 heavy (non-hydrogen) atoms. The van der Waals surface area contributed by atoms with Gasteiger partial charge in [0.05, 0.1) is 14.2 Å². The first kappa shape index (κ1) is 23.6. The fourth-order valence-corrected chi connectivity index (χ4v) is 5.10. The molecule has 2 aliphatic rings. The molecule has 10 heteroatoms. The average Bonchev–Trinajstić information content (AvgIpc) is 2.92. The third-order valence-corrected chi connectivity index (χ3v) is 6.38. The van der Waals surface area contributed by atoms with Crippen molar-refractivity contribution >= 4 is 35.6 Å². The summed E-state index contributed by atoms with van der Waals surface area (Å²) in [5, 5.41) is 11.7. The molecule has 2 N–H and O–H groups in total. The summed E-state index contributed by atoms with van der Waals surface area (Å²) in [6.45, 7) is 3.58. The Balaban J connectivity index is 0.00000300. The van der Waals surface area contributed by atoms with Gasteiger partial charge in [-0.1, -0.05) is 6.07 Å². The summed E-state index contributed by atoms with van der Waals surface area (Å²) in [6, 6.07) is 3.61. The minimum atomic E-state index is -1.04. The molecule has 0 spiro atoms. The van der Waals surface area contributed by atoms with Gasteiger partial charge in [0.15, 0.2) is 11.5 Å². The average molecular weight is 429 g/mol. The number of amides is 2. The van der Waals surface area contributed by atoms with Crippen LogP contribution in [0.5, 0.6) is 11.5 Å². The van der Waals surface area contributed by atoms with Gasteiger partial charge in [-0.25, -0.2) is 4.79 Å². The number of carbonyl (C=O) groups is 3. The Hall–Kier alpha value is -1.68. The number of nitrogens with one attached hydrogen (secondary N) is 1. The van der Waals surface area contributed by atoms with Gasteiger partial charge in [-0.2, -0.15) is 0 Å². The minimum Gasteiger partial charge on any atom is -0.493 e. The van der Waals surface area contributed by atoms with Crippen LogP contribution in [0.4, 0.5) is 0 Å². The number of carboxylic acids is 1. The summed E-state index contributed by atoms with van der Waals surface area (Å²) in [7, 11) is 3.06. The molecule has 3 atom stereocenters. The van der Waals surface area contributed by atoms with Gasteiger partial charge in [0.25, 0.3) is 0 Å². The standard InChI is InChI=1S/C19H22N2O6S.Na/c1-19(2)15(18(24)25)21-16(23)14(17(21)28-19)20-13(22)8-6-10-5-7-11(26-3)12(9-10)27-4;/h5-9,14-15,17H,1-4H3,(H,20,22)(H,24,25);/q;+1/b8-6+;/t14-,15+,17-;/m1./s1. The number of rotatable bonds is 6. The van der Waals surface area contributed by atoms with E-state index in [0.717, 1.165) is 5.56 Å². The zero-order chi connectivity index (χ0) is 20.6. The first-order valence-corrected chi connectivity index (χ1v) is 9.51. The van der Waals surface area contributed by atoms with Crippen LogP contribution in [0.25, 0.3) is 6.08 Å². The first-order valence-electron chi connectivity index (χ1n) is 8.63. The second-order valence-corrected chi connectivity index (χ2v) is 8.80. The van der Waals surface area contributed by atoms with E-state index < -0.39 is 28.7 Å². The summed E-state index contributed by atoms with van der Waals surface area (Å²) in [4.78, 5) is 37.5. The monoisotopic (exact) mass is 429 g/mol. The SMILES string of the molecule is COc1ccc(/C=C/C(=O)N[C@@H]2C(=O)N3[C@@H]2SC(C)(C)[C@@H]3C(=O)O)cc1OC.[Na+]. The number of hydrogen-bond donors (Lipinski definition) is 2. The minimum absolute atomic E-state index is 0. The topological polar surface area (TPSA) is 105 Å². The van der Waals surface area contributed by atoms with Gasteiger partial charge in [0.1, 0.15) is 17.5 Å². The number of carbonyl (C=O) groups excluding carboxylic acids is 2. The van der Waals surface area contributed by atoms with Gasteiger partial charge in [-0.05, 0) is 37.6 Å². The zero-order valence-electron chi connectivity index (χ0n) is 17.0. The maximum Gasteiger partial charge on any atom is 1.00 e. The number of β-lactam (4-membered cyclic amide) rings is 1. The second kappa shape index (κ2) is 8.99. The smallest absolute Gasteiger partial charge is 0.493 e. The van der Waals surface area contributed by atoms with Crippen LogP contribution in [0.2, 0.25) is 0 Å². The van der Waals surface area contributed by atoms with Gasteiger partial charge in [0.2, 0.25) is 11.8 Å². The maximum atomic E-state index is 12.4. The Kier molecular flexibility index (Phi) is 7.32. The van der Waals surface area contributed by atoms with Gasteiger partial charge in [-0.3, -0.25) is 9.59 Å². The van der Waals surface area contributed by atoms with E-state index in [9.17, 15) is 19.5 Å². The van der Waals surface area contributed by atoms with Crippen LogP contribution in [0.3, 0.4) is 0 Å². The largest absolute Gasteiger partial charge is 1.00 e. The first-order chi connectivity index (χ1) is 13.2. The molecule has 0 aromatic heterocycles. The molecule has 2 fully saturated rings. The van der Waals surface area contributed by atoms with Crippen molar-refractivity contribution < 1.29 is 58.5 Å². The van der Waals surface area contributed by atoms with Crippen LogP contribution >= 0.6 is 11.8 Å². The van der Waals surface area contributed by atoms with Crippen LogP contribution in [-0.4, -0.2) is 64.2 Å². The van der Waals surface area contributed by atoms with Gasteiger partial charge >= 0.3 is 35.5 Å². The molecule has 150 valence electrons. The van der Waals surface area contributed by atoms with Gasteiger partial charge < -0.3 is 24.8 Å². The van der Waals surface area contributed by atoms with Crippen molar-refractivity contribution in [2.45, 2.75) is 36.1 Å². The maximum absolute atomic E-state index is 12.4. The molecule has 0 radical (unpaired) electrons. The van der Waals surface area contributed by atoms with Gasteiger partial charge in [-0.15, -0.1) is 11.8 Å².